The van der Waals surface area contributed by atoms with E-state index in [-0.39, 0.29) is 12.6 Å². The number of ether oxygens (including phenoxy) is 1. The highest BCUT2D eigenvalue weighted by molar-refractivity contribution is 5.43. The molecule has 110 valence electrons. The van der Waals surface area contributed by atoms with E-state index in [0.29, 0.717) is 6.61 Å². The van der Waals surface area contributed by atoms with Crippen LogP contribution in [0.5, 0.6) is 5.75 Å². The van der Waals surface area contributed by atoms with E-state index in [1.54, 1.807) is 6.33 Å². The Labute approximate surface area is 124 Å². The number of aromatic nitrogens is 3. The third-order valence-corrected chi connectivity index (χ3v) is 2.98. The van der Waals surface area contributed by atoms with Gasteiger partial charge >= 0.3 is 0 Å². The molecule has 1 heterocycles. The lowest BCUT2D eigenvalue weighted by Gasteiger charge is -2.12. The van der Waals surface area contributed by atoms with Gasteiger partial charge in [-0.25, -0.2) is 9.67 Å². The molecule has 0 amide bonds. The van der Waals surface area contributed by atoms with Crippen LogP contribution in [0.3, 0.4) is 0 Å². The Morgan fingerprint density at radius 1 is 1.38 bits per heavy atom. The quantitative estimate of drug-likeness (QED) is 0.874. The van der Waals surface area contributed by atoms with Crippen LogP contribution >= 0.6 is 0 Å². The molecule has 1 N–H and O–H groups in total. The Morgan fingerprint density at radius 2 is 2.19 bits per heavy atom. The number of hydrogen-bond donors (Lipinski definition) is 1. The number of aryl methyl sites for hydroxylation is 1. The van der Waals surface area contributed by atoms with Gasteiger partial charge in [0.05, 0.1) is 0 Å². The van der Waals surface area contributed by atoms with E-state index >= 15 is 0 Å². The fourth-order valence-corrected chi connectivity index (χ4v) is 1.98. The lowest BCUT2D eigenvalue weighted by atomic mass is 10.1. The van der Waals surface area contributed by atoms with Gasteiger partial charge in [-0.05, 0) is 44.5 Å². The molecule has 0 radical (unpaired) electrons. The van der Waals surface area contributed by atoms with Crippen LogP contribution in [0.4, 0.5) is 0 Å². The molecule has 1 aromatic carbocycles. The van der Waals surface area contributed by atoms with E-state index in [1.807, 2.05) is 29.8 Å². The van der Waals surface area contributed by atoms with E-state index < -0.39 is 0 Å². The van der Waals surface area contributed by atoms with Crippen molar-refractivity contribution >= 4 is 0 Å². The fourth-order valence-electron chi connectivity index (χ4n) is 1.98. The molecule has 0 aliphatic carbocycles. The van der Waals surface area contributed by atoms with Crippen LogP contribution in [0.25, 0.3) is 0 Å². The maximum atomic E-state index is 8.70. The average molecular weight is 285 g/mol. The van der Waals surface area contributed by atoms with Gasteiger partial charge in [-0.3, -0.25) is 0 Å². The fraction of sp³-hybridized carbons (Fsp3) is 0.375. The van der Waals surface area contributed by atoms with Gasteiger partial charge in [0.1, 0.15) is 25.3 Å². The minimum Gasteiger partial charge on any atom is -0.485 e. The Morgan fingerprint density at radius 3 is 2.86 bits per heavy atom. The van der Waals surface area contributed by atoms with Crippen LogP contribution in [0.2, 0.25) is 0 Å². The number of rotatable bonds is 4. The largest absolute Gasteiger partial charge is 0.485 e. The predicted molar refractivity (Wildman–Crippen MR) is 79.9 cm³/mol. The summed E-state index contributed by atoms with van der Waals surface area (Å²) in [5.74, 6) is 7.10. The van der Waals surface area contributed by atoms with Crippen molar-refractivity contribution < 1.29 is 9.84 Å². The first-order valence-corrected chi connectivity index (χ1v) is 6.83. The molecule has 2 rings (SSSR count). The summed E-state index contributed by atoms with van der Waals surface area (Å²) in [6.07, 6.45) is 1.54. The molecule has 5 nitrogen and oxygen atoms in total. The molecule has 0 saturated carbocycles. The zero-order valence-corrected chi connectivity index (χ0v) is 12.5. The first kappa shape index (κ1) is 15.1. The molecule has 0 aliphatic rings. The molecule has 0 fully saturated rings. The van der Waals surface area contributed by atoms with Crippen molar-refractivity contribution in [3.63, 3.8) is 0 Å². The number of aliphatic hydroxyl groups is 1. The third kappa shape index (κ3) is 3.83. The Bertz CT molecular complexity index is 666. The highest BCUT2D eigenvalue weighted by Crippen LogP contribution is 2.20. The molecular formula is C16H19N3O2. The van der Waals surface area contributed by atoms with Gasteiger partial charge in [-0.2, -0.15) is 5.10 Å². The normalized spacial score (nSPS) is 10.3. The van der Waals surface area contributed by atoms with Crippen LogP contribution in [0.1, 0.15) is 36.8 Å². The molecule has 0 unspecified atom stereocenters. The van der Waals surface area contributed by atoms with Crippen LogP contribution < -0.4 is 4.74 Å². The molecule has 21 heavy (non-hydrogen) atoms. The summed E-state index contributed by atoms with van der Waals surface area (Å²) in [6.45, 7) is 6.31. The summed E-state index contributed by atoms with van der Waals surface area (Å²) in [5, 5.41) is 12.9. The smallest absolute Gasteiger partial charge is 0.165 e. The monoisotopic (exact) mass is 285 g/mol. The van der Waals surface area contributed by atoms with E-state index in [4.69, 9.17) is 9.84 Å². The lowest BCUT2D eigenvalue weighted by molar-refractivity contribution is 0.280. The van der Waals surface area contributed by atoms with Gasteiger partial charge in [0.15, 0.2) is 5.82 Å². The first-order valence-electron chi connectivity index (χ1n) is 6.83. The zero-order chi connectivity index (χ0) is 15.2. The Kier molecular flexibility index (Phi) is 4.96. The summed E-state index contributed by atoms with van der Waals surface area (Å²) >= 11 is 0. The lowest BCUT2D eigenvalue weighted by Crippen LogP contribution is -2.11. The molecule has 0 bridgehead atoms. The van der Waals surface area contributed by atoms with Crippen LogP contribution in [0.15, 0.2) is 24.5 Å². The minimum atomic E-state index is -0.137. The van der Waals surface area contributed by atoms with E-state index in [0.717, 1.165) is 22.7 Å². The van der Waals surface area contributed by atoms with Crippen molar-refractivity contribution in [2.24, 2.45) is 0 Å². The van der Waals surface area contributed by atoms with E-state index in [1.165, 1.54) is 0 Å². The van der Waals surface area contributed by atoms with E-state index in [9.17, 15) is 0 Å². The van der Waals surface area contributed by atoms with E-state index in [2.05, 4.69) is 35.8 Å². The van der Waals surface area contributed by atoms with Crippen molar-refractivity contribution in [2.45, 2.75) is 33.4 Å². The van der Waals surface area contributed by atoms with Crippen LogP contribution in [-0.2, 0) is 6.61 Å². The van der Waals surface area contributed by atoms with Crippen molar-refractivity contribution in [3.8, 4) is 17.6 Å². The topological polar surface area (TPSA) is 60.2 Å². The maximum Gasteiger partial charge on any atom is 0.165 e. The summed E-state index contributed by atoms with van der Waals surface area (Å²) in [4.78, 5) is 4.22. The summed E-state index contributed by atoms with van der Waals surface area (Å²) in [6, 6.07) is 5.94. The summed E-state index contributed by atoms with van der Waals surface area (Å²) < 4.78 is 7.65. The first-order chi connectivity index (χ1) is 10.1. The van der Waals surface area contributed by atoms with Crippen molar-refractivity contribution in [2.75, 3.05) is 6.61 Å². The van der Waals surface area contributed by atoms with Gasteiger partial charge in [0.25, 0.3) is 0 Å². The van der Waals surface area contributed by atoms with Gasteiger partial charge in [0.2, 0.25) is 0 Å². The predicted octanol–water partition coefficient (Wildman–Crippen LogP) is 2.09. The molecular weight excluding hydrogens is 266 g/mol. The highest BCUT2D eigenvalue weighted by Gasteiger charge is 2.09. The standard InChI is InChI=1S/C16H19N3O2/c1-12(2)19-16(17-11-18-19)10-21-15-7-6-14(5-4-8-20)9-13(15)3/h6-7,9,11-12,20H,8,10H2,1-3H3. The third-order valence-electron chi connectivity index (χ3n) is 2.98. The Balaban J connectivity index is 2.08. The summed E-state index contributed by atoms with van der Waals surface area (Å²) in [7, 11) is 0. The molecule has 5 heteroatoms. The SMILES string of the molecule is Cc1cc(C#CCO)ccc1OCc1ncnn1C(C)C. The number of benzene rings is 1. The van der Waals surface area contributed by atoms with Crippen molar-refractivity contribution in [1.82, 2.24) is 14.8 Å². The number of nitrogens with zero attached hydrogens (tertiary/aromatic N) is 3. The second-order valence-electron chi connectivity index (χ2n) is 4.94. The minimum absolute atomic E-state index is 0.137. The molecule has 1 aromatic heterocycles. The molecule has 2 aromatic rings. The number of aliphatic hydroxyl groups excluding tert-OH is 1. The van der Waals surface area contributed by atoms with Gasteiger partial charge in [-0.1, -0.05) is 11.8 Å². The molecule has 0 atom stereocenters. The molecule has 0 spiro atoms. The van der Waals surface area contributed by atoms with Gasteiger partial charge < -0.3 is 9.84 Å². The van der Waals surface area contributed by atoms with Gasteiger partial charge in [-0.15, -0.1) is 0 Å². The molecule has 0 aliphatic heterocycles. The van der Waals surface area contributed by atoms with Gasteiger partial charge in [0, 0.05) is 11.6 Å². The summed E-state index contributed by atoms with van der Waals surface area (Å²) in [5.41, 5.74) is 1.86. The van der Waals surface area contributed by atoms with Crippen LogP contribution in [0, 0.1) is 18.8 Å². The zero-order valence-electron chi connectivity index (χ0n) is 12.5. The van der Waals surface area contributed by atoms with Crippen molar-refractivity contribution in [1.29, 1.82) is 0 Å². The Hall–Kier alpha value is -2.32. The maximum absolute atomic E-state index is 8.70. The van der Waals surface area contributed by atoms with Crippen LogP contribution in [-0.4, -0.2) is 26.5 Å². The second kappa shape index (κ2) is 6.91. The number of hydrogen-bond acceptors (Lipinski definition) is 4. The molecule has 0 saturated heterocycles. The second-order valence-corrected chi connectivity index (χ2v) is 4.94. The average Bonchev–Trinajstić information content (AvgIpc) is 2.92. The van der Waals surface area contributed by atoms with Crippen molar-refractivity contribution in [3.05, 3.63) is 41.5 Å². The highest BCUT2D eigenvalue weighted by atomic mass is 16.5.